The molecule has 0 radical (unpaired) electrons. The van der Waals surface area contributed by atoms with Gasteiger partial charge in [-0.3, -0.25) is 0 Å². The van der Waals surface area contributed by atoms with E-state index in [4.69, 9.17) is 0 Å². The van der Waals surface area contributed by atoms with Crippen LogP contribution in [0, 0.1) is 6.07 Å². The molecule has 0 saturated carbocycles. The molecule has 0 aliphatic heterocycles. The van der Waals surface area contributed by atoms with Crippen LogP contribution in [0.5, 0.6) is 0 Å². The molecule has 4 rings (SSSR count). The van der Waals surface area contributed by atoms with Crippen molar-refractivity contribution in [3.8, 4) is 11.1 Å². The van der Waals surface area contributed by atoms with Crippen LogP contribution in [-0.4, -0.2) is 3.71 Å². The summed E-state index contributed by atoms with van der Waals surface area (Å²) in [5.74, 6) is 0. The molecule has 0 unspecified atom stereocenters. The first-order valence-electron chi connectivity index (χ1n) is 12.0. The fourth-order valence-corrected chi connectivity index (χ4v) is 3.86. The monoisotopic (exact) mass is 586 g/mol. The summed E-state index contributed by atoms with van der Waals surface area (Å²) in [6.45, 7) is 22.4. The second-order valence-corrected chi connectivity index (χ2v) is 13.5. The second kappa shape index (κ2) is 13.6. The molecule has 3 aromatic rings. The van der Waals surface area contributed by atoms with E-state index >= 15 is 0 Å². The number of hydrogen-bond acceptors (Lipinski definition) is 0. The van der Waals surface area contributed by atoms with Crippen molar-refractivity contribution >= 4 is 3.71 Å². The minimum atomic E-state index is 0. The third-order valence-electron chi connectivity index (χ3n) is 6.05. The van der Waals surface area contributed by atoms with E-state index in [0.717, 1.165) is 6.42 Å². The maximum atomic E-state index is 3.53. The smallest absolute Gasteiger partial charge is 1.00 e. The van der Waals surface area contributed by atoms with Crippen molar-refractivity contribution in [1.82, 2.24) is 0 Å². The Bertz CT molecular complexity index is 995. The molecule has 0 N–H and O–H groups in total. The van der Waals surface area contributed by atoms with E-state index in [1.54, 1.807) is 0 Å². The average molecular weight is 589 g/mol. The molecule has 0 amide bonds. The SMILES string of the molecule is CC(C)(C)[c-]1cccc1.CC(C)(C)c1c[c-]c2c(c1)-c1cc(C(C)(C)C)ccc1C2.C[CH]=[Zr+2].[Cl-].[Cl-]. The average Bonchev–Trinajstić information content (AvgIpc) is 3.35. The minimum absolute atomic E-state index is 0. The van der Waals surface area contributed by atoms with Crippen LogP contribution in [0.25, 0.3) is 11.1 Å². The molecular weight excluding hydrogens is 546 g/mol. The topological polar surface area (TPSA) is 0 Å². The molecule has 0 aromatic heterocycles. The van der Waals surface area contributed by atoms with Gasteiger partial charge in [0.25, 0.3) is 0 Å². The van der Waals surface area contributed by atoms with E-state index < -0.39 is 0 Å². The number of benzene rings is 2. The summed E-state index contributed by atoms with van der Waals surface area (Å²) < 4.78 is 2.09. The van der Waals surface area contributed by atoms with E-state index in [2.05, 4.69) is 127 Å². The largest absolute Gasteiger partial charge is 1.00 e. The molecule has 0 nitrogen and oxygen atoms in total. The van der Waals surface area contributed by atoms with Crippen molar-refractivity contribution in [2.45, 2.75) is 91.9 Å². The first kappa shape index (κ1) is 34.1. The molecule has 0 saturated heterocycles. The Labute approximate surface area is 242 Å². The van der Waals surface area contributed by atoms with E-state index in [1.807, 2.05) is 6.92 Å². The van der Waals surface area contributed by atoms with Crippen LogP contribution in [0.15, 0.2) is 54.6 Å². The Morgan fingerprint density at radius 3 is 1.71 bits per heavy atom. The number of fused-ring (bicyclic) bond motifs is 3. The molecule has 1 aliphatic rings. The minimum Gasteiger partial charge on any atom is -1.00 e. The molecule has 0 heterocycles. The quantitative estimate of drug-likeness (QED) is 0.277. The van der Waals surface area contributed by atoms with Crippen molar-refractivity contribution in [1.29, 1.82) is 0 Å². The predicted molar refractivity (Wildman–Crippen MR) is 143 cm³/mol. The zero-order chi connectivity index (χ0) is 25.0. The van der Waals surface area contributed by atoms with Gasteiger partial charge in [0.2, 0.25) is 0 Å². The Morgan fingerprint density at radius 1 is 0.800 bits per heavy atom. The standard InChI is InChI=1S/C21H25.C9H13.C2H4.2ClH.Zr/c1-20(2,3)16-9-7-14-11-15-8-10-17(21(4,5)6)13-19(15)18(14)12-16;1-9(2,3)8-6-4-5-7-8;1-2;;;/h7,9-10,12-13H,11H2,1-6H3;4-7H,1-3H3;1H,2H3;2*1H;/q2*-1;;;;+2/p-2. The molecule has 0 atom stereocenters. The normalized spacial score (nSPS) is 11.9. The molecule has 35 heavy (non-hydrogen) atoms. The summed E-state index contributed by atoms with van der Waals surface area (Å²) in [4.78, 5) is 0. The van der Waals surface area contributed by atoms with Crippen LogP contribution >= 0.6 is 0 Å². The third kappa shape index (κ3) is 9.50. The maximum Gasteiger partial charge on any atom is -1.00 e. The Kier molecular flexibility index (Phi) is 13.3. The van der Waals surface area contributed by atoms with Gasteiger partial charge in [0, 0.05) is 0 Å². The van der Waals surface area contributed by atoms with Crippen molar-refractivity contribution in [2.75, 3.05) is 0 Å². The first-order chi connectivity index (χ1) is 15.2. The molecule has 3 heteroatoms. The number of hydrogen-bond donors (Lipinski definition) is 0. The summed E-state index contributed by atoms with van der Waals surface area (Å²) in [6, 6.07) is 23.6. The molecule has 1 aliphatic carbocycles. The van der Waals surface area contributed by atoms with Gasteiger partial charge in [-0.25, -0.2) is 12.1 Å². The second-order valence-electron chi connectivity index (χ2n) is 12.0. The first-order valence-corrected chi connectivity index (χ1v) is 13.5. The van der Waals surface area contributed by atoms with Gasteiger partial charge in [0.05, 0.1) is 0 Å². The van der Waals surface area contributed by atoms with Gasteiger partial charge < -0.3 is 24.8 Å². The summed E-state index contributed by atoms with van der Waals surface area (Å²) >= 11 is 1.51. The van der Waals surface area contributed by atoms with E-state index in [-0.39, 0.29) is 35.6 Å². The molecule has 3 aromatic carbocycles. The molecule has 0 spiro atoms. The van der Waals surface area contributed by atoms with Crippen LogP contribution < -0.4 is 24.8 Å². The zero-order valence-electron chi connectivity index (χ0n) is 23.2. The fraction of sp³-hybridized carbons (Fsp3) is 0.438. The fourth-order valence-electron chi connectivity index (χ4n) is 3.86. The van der Waals surface area contributed by atoms with Crippen LogP contribution in [0.2, 0.25) is 0 Å². The van der Waals surface area contributed by atoms with Gasteiger partial charge in [-0.1, -0.05) is 102 Å². The van der Waals surface area contributed by atoms with Crippen LogP contribution in [0.4, 0.5) is 0 Å². The molecular formula is C32H42Cl2Zr-2. The van der Waals surface area contributed by atoms with Gasteiger partial charge in [-0.2, -0.15) is 47.0 Å². The van der Waals surface area contributed by atoms with Crippen LogP contribution in [-0.2, 0) is 46.9 Å². The number of rotatable bonds is 0. The van der Waals surface area contributed by atoms with Crippen LogP contribution in [0.3, 0.4) is 0 Å². The Morgan fingerprint density at radius 2 is 1.29 bits per heavy atom. The van der Waals surface area contributed by atoms with E-state index in [0.29, 0.717) is 5.41 Å². The molecule has 190 valence electrons. The molecule has 0 bridgehead atoms. The zero-order valence-corrected chi connectivity index (χ0v) is 27.2. The van der Waals surface area contributed by atoms with Gasteiger partial charge >= 0.3 is 34.9 Å². The summed E-state index contributed by atoms with van der Waals surface area (Å²) in [5, 5.41) is 0. The Balaban J connectivity index is 0.000000698. The van der Waals surface area contributed by atoms with Crippen molar-refractivity contribution < 1.29 is 49.0 Å². The Hall–Kier alpha value is -0.877. The van der Waals surface area contributed by atoms with Gasteiger partial charge in [0.15, 0.2) is 0 Å². The van der Waals surface area contributed by atoms with Gasteiger partial charge in [-0.05, 0) is 17.4 Å². The summed E-state index contributed by atoms with van der Waals surface area (Å²) in [6.07, 6.45) is 1.03. The predicted octanol–water partition coefficient (Wildman–Crippen LogP) is 2.72. The van der Waals surface area contributed by atoms with Crippen molar-refractivity contribution in [3.05, 3.63) is 88.5 Å². The van der Waals surface area contributed by atoms with Crippen molar-refractivity contribution in [3.63, 3.8) is 0 Å². The molecule has 0 fully saturated rings. The van der Waals surface area contributed by atoms with Gasteiger partial charge in [-0.15, -0.1) is 5.56 Å². The third-order valence-corrected chi connectivity index (χ3v) is 6.05. The summed E-state index contributed by atoms with van der Waals surface area (Å²) in [7, 11) is 0. The van der Waals surface area contributed by atoms with E-state index in [1.165, 1.54) is 63.2 Å². The van der Waals surface area contributed by atoms with Crippen LogP contribution in [0.1, 0.15) is 97.1 Å². The van der Waals surface area contributed by atoms with Crippen molar-refractivity contribution in [2.24, 2.45) is 0 Å². The van der Waals surface area contributed by atoms with Gasteiger partial charge in [0.1, 0.15) is 0 Å². The summed E-state index contributed by atoms with van der Waals surface area (Å²) in [5.41, 5.74) is 10.5. The van der Waals surface area contributed by atoms with E-state index in [9.17, 15) is 0 Å². The number of halogens is 2. The maximum absolute atomic E-state index is 3.53.